The molecule has 9 aromatic rings. The fourth-order valence-corrected chi connectivity index (χ4v) is 7.21. The summed E-state index contributed by atoms with van der Waals surface area (Å²) in [6.45, 7) is 0. The third-order valence-electron chi connectivity index (χ3n) is 8.04. The number of aromatic nitrogens is 3. The first-order valence-corrected chi connectivity index (χ1v) is 14.5. The molecule has 0 atom stereocenters. The van der Waals surface area contributed by atoms with Gasteiger partial charge in [0.1, 0.15) is 5.69 Å². The molecular formula is C37H21N3S. The lowest BCUT2D eigenvalue weighted by Crippen LogP contribution is -1.98. The second kappa shape index (κ2) is 8.65. The Hall–Kier alpha value is -5.19. The molecule has 0 radical (unpaired) electrons. The minimum atomic E-state index is 0.639. The Morgan fingerprint density at radius 3 is 2.02 bits per heavy atom. The van der Waals surface area contributed by atoms with Gasteiger partial charge < -0.3 is 0 Å². The van der Waals surface area contributed by atoms with Crippen molar-refractivity contribution in [2.75, 3.05) is 0 Å². The summed E-state index contributed by atoms with van der Waals surface area (Å²) in [5, 5.41) is 9.31. The van der Waals surface area contributed by atoms with Gasteiger partial charge in [0.05, 0.1) is 16.7 Å². The minimum Gasteiger partial charge on any atom is -0.244 e. The van der Waals surface area contributed by atoms with Crippen LogP contribution in [0.25, 0.3) is 86.3 Å². The second-order valence-electron chi connectivity index (χ2n) is 10.4. The second-order valence-corrected chi connectivity index (χ2v) is 11.5. The van der Waals surface area contributed by atoms with Crippen LogP contribution in [0.15, 0.2) is 127 Å². The molecule has 0 amide bonds. The highest BCUT2D eigenvalue weighted by molar-refractivity contribution is 7.25. The number of para-hydroxylation sites is 1. The fourth-order valence-electron chi connectivity index (χ4n) is 6.08. The first-order chi connectivity index (χ1) is 20.3. The van der Waals surface area contributed by atoms with Gasteiger partial charge in [-0.25, -0.2) is 15.0 Å². The first-order valence-electron chi connectivity index (χ1n) is 13.7. The van der Waals surface area contributed by atoms with Crippen LogP contribution >= 0.6 is 11.3 Å². The fraction of sp³-hybridized carbons (Fsp3) is 0. The van der Waals surface area contributed by atoms with Gasteiger partial charge in [0, 0.05) is 41.9 Å². The van der Waals surface area contributed by atoms with Gasteiger partial charge in [0.15, 0.2) is 5.82 Å². The zero-order valence-corrected chi connectivity index (χ0v) is 22.7. The maximum atomic E-state index is 5.28. The average molecular weight is 540 g/mol. The quantitative estimate of drug-likeness (QED) is 0.205. The molecule has 3 aromatic heterocycles. The third-order valence-corrected chi connectivity index (χ3v) is 9.17. The van der Waals surface area contributed by atoms with Crippen LogP contribution in [0.2, 0.25) is 0 Å². The van der Waals surface area contributed by atoms with Gasteiger partial charge in [-0.05, 0) is 46.5 Å². The van der Waals surface area contributed by atoms with Gasteiger partial charge >= 0.3 is 0 Å². The van der Waals surface area contributed by atoms with Gasteiger partial charge in [-0.2, -0.15) is 0 Å². The number of hydrogen-bond donors (Lipinski definition) is 0. The van der Waals surface area contributed by atoms with E-state index in [0.717, 1.165) is 49.5 Å². The highest BCUT2D eigenvalue weighted by atomic mass is 32.1. The molecule has 0 aliphatic carbocycles. The molecule has 0 aliphatic rings. The molecule has 41 heavy (non-hydrogen) atoms. The van der Waals surface area contributed by atoms with Crippen LogP contribution in [0.1, 0.15) is 0 Å². The lowest BCUT2D eigenvalue weighted by atomic mass is 10.0. The van der Waals surface area contributed by atoms with E-state index in [1.54, 1.807) is 0 Å². The maximum absolute atomic E-state index is 5.28. The topological polar surface area (TPSA) is 38.7 Å². The lowest BCUT2D eigenvalue weighted by Gasteiger charge is -2.13. The number of nitrogens with zero attached hydrogens (tertiary/aromatic N) is 3. The van der Waals surface area contributed by atoms with Gasteiger partial charge in [-0.3, -0.25) is 0 Å². The first kappa shape index (κ1) is 22.6. The lowest BCUT2D eigenvalue weighted by molar-refractivity contribution is 1.20. The van der Waals surface area contributed by atoms with E-state index in [0.29, 0.717) is 5.82 Å². The molecule has 190 valence electrons. The van der Waals surface area contributed by atoms with Crippen molar-refractivity contribution in [3.8, 4) is 22.8 Å². The van der Waals surface area contributed by atoms with Crippen LogP contribution in [0, 0.1) is 0 Å². The van der Waals surface area contributed by atoms with Crippen molar-refractivity contribution in [1.29, 1.82) is 0 Å². The van der Waals surface area contributed by atoms with Crippen LogP contribution in [0.5, 0.6) is 0 Å². The van der Waals surface area contributed by atoms with Crippen LogP contribution in [0.4, 0.5) is 0 Å². The smallest absolute Gasteiger partial charge is 0.179 e. The van der Waals surface area contributed by atoms with Crippen molar-refractivity contribution in [1.82, 2.24) is 15.0 Å². The van der Waals surface area contributed by atoms with E-state index in [-0.39, 0.29) is 0 Å². The number of fused-ring (bicyclic) bond motifs is 8. The monoisotopic (exact) mass is 539 g/mol. The van der Waals surface area contributed by atoms with E-state index in [1.165, 1.54) is 30.9 Å². The largest absolute Gasteiger partial charge is 0.244 e. The molecule has 0 fully saturated rings. The number of pyridine rings is 1. The molecular weight excluding hydrogens is 518 g/mol. The average Bonchev–Trinajstić information content (AvgIpc) is 3.40. The highest BCUT2D eigenvalue weighted by Gasteiger charge is 2.18. The van der Waals surface area contributed by atoms with E-state index in [4.69, 9.17) is 15.0 Å². The number of rotatable bonds is 2. The van der Waals surface area contributed by atoms with Crippen LogP contribution in [-0.2, 0) is 0 Å². The number of benzene rings is 6. The normalized spacial score (nSPS) is 11.9. The zero-order chi connectivity index (χ0) is 26.9. The van der Waals surface area contributed by atoms with Crippen molar-refractivity contribution in [2.45, 2.75) is 0 Å². The summed E-state index contributed by atoms with van der Waals surface area (Å²) in [6, 6.07) is 44.9. The number of thiophene rings is 1. The summed E-state index contributed by atoms with van der Waals surface area (Å²) in [6.07, 6.45) is 0. The predicted octanol–water partition coefficient (Wildman–Crippen LogP) is 10.2. The molecule has 3 nitrogen and oxygen atoms in total. The summed E-state index contributed by atoms with van der Waals surface area (Å²) in [7, 11) is 0. The molecule has 3 heterocycles. The van der Waals surface area contributed by atoms with Gasteiger partial charge in [-0.1, -0.05) is 97.1 Å². The maximum Gasteiger partial charge on any atom is 0.179 e. The summed E-state index contributed by atoms with van der Waals surface area (Å²) < 4.78 is 2.57. The summed E-state index contributed by atoms with van der Waals surface area (Å²) in [5.41, 5.74) is 4.66. The molecule has 0 spiro atoms. The van der Waals surface area contributed by atoms with Crippen molar-refractivity contribution in [3.63, 3.8) is 0 Å². The molecule has 0 aliphatic heterocycles. The summed E-state index contributed by atoms with van der Waals surface area (Å²) in [4.78, 5) is 15.6. The van der Waals surface area contributed by atoms with E-state index >= 15 is 0 Å². The van der Waals surface area contributed by atoms with E-state index in [9.17, 15) is 0 Å². The Morgan fingerprint density at radius 1 is 0.390 bits per heavy atom. The van der Waals surface area contributed by atoms with Gasteiger partial charge in [-0.15, -0.1) is 11.3 Å². The Kier molecular flexibility index (Phi) is 4.77. The predicted molar refractivity (Wildman–Crippen MR) is 174 cm³/mol. The van der Waals surface area contributed by atoms with E-state index in [2.05, 4.69) is 121 Å². The molecule has 6 aromatic carbocycles. The summed E-state index contributed by atoms with van der Waals surface area (Å²) >= 11 is 1.83. The molecule has 0 N–H and O–H groups in total. The van der Waals surface area contributed by atoms with Crippen molar-refractivity contribution in [3.05, 3.63) is 127 Å². The number of hydrogen-bond acceptors (Lipinski definition) is 4. The van der Waals surface area contributed by atoms with Crippen LogP contribution in [-0.4, -0.2) is 15.0 Å². The molecule has 0 saturated heterocycles. The minimum absolute atomic E-state index is 0.639. The van der Waals surface area contributed by atoms with E-state index < -0.39 is 0 Å². The Bertz CT molecular complexity index is 2490. The molecule has 0 saturated carbocycles. The Morgan fingerprint density at radius 2 is 1.12 bits per heavy atom. The SMILES string of the molecule is c1ccc2cc(-c3nc(-c4nc5cc6c(cc5c5ccccc45)sc4ccccc46)nc4ccccc34)ccc2c1. The zero-order valence-electron chi connectivity index (χ0n) is 21.9. The Labute approximate surface area is 239 Å². The van der Waals surface area contributed by atoms with Crippen molar-refractivity contribution in [2.24, 2.45) is 0 Å². The van der Waals surface area contributed by atoms with Crippen molar-refractivity contribution < 1.29 is 0 Å². The molecule has 9 rings (SSSR count). The Balaban J connectivity index is 1.36. The van der Waals surface area contributed by atoms with E-state index in [1.807, 2.05) is 17.4 Å². The molecule has 0 bridgehead atoms. The van der Waals surface area contributed by atoms with Crippen molar-refractivity contribution >= 4 is 74.9 Å². The molecule has 4 heteroatoms. The van der Waals surface area contributed by atoms with Crippen LogP contribution in [0.3, 0.4) is 0 Å². The van der Waals surface area contributed by atoms with Crippen LogP contribution < -0.4 is 0 Å². The van der Waals surface area contributed by atoms with Gasteiger partial charge in [0.25, 0.3) is 0 Å². The third kappa shape index (κ3) is 3.48. The van der Waals surface area contributed by atoms with Gasteiger partial charge in [0.2, 0.25) is 0 Å². The molecule has 0 unspecified atom stereocenters. The highest BCUT2D eigenvalue weighted by Crippen LogP contribution is 2.40. The standard InChI is InChI=1S/C37H21N3S/c1-2-10-23-19-24(18-17-22(23)9-1)35-28-14-5-7-15-31(28)39-37(40-35)36-27-13-4-3-11-25(27)29-21-34-30(20-32(29)38-36)26-12-6-8-16-33(26)41-34/h1-21H. The summed E-state index contributed by atoms with van der Waals surface area (Å²) in [5.74, 6) is 0.639.